The van der Waals surface area contributed by atoms with Gasteiger partial charge in [-0.15, -0.1) is 12.4 Å². The summed E-state index contributed by atoms with van der Waals surface area (Å²) in [6.07, 6.45) is 3.55. The van der Waals surface area contributed by atoms with Crippen LogP contribution in [-0.2, 0) is 0 Å². The number of nitrogens with one attached hydrogen (secondary N) is 1. The van der Waals surface area contributed by atoms with E-state index in [1.165, 1.54) is 0 Å². The highest BCUT2D eigenvalue weighted by Gasteiger charge is 2.08. The molecule has 0 fully saturated rings. The van der Waals surface area contributed by atoms with E-state index in [0.29, 0.717) is 6.10 Å². The predicted molar refractivity (Wildman–Crippen MR) is 76.6 cm³/mol. The van der Waals surface area contributed by atoms with E-state index in [2.05, 4.69) is 12.2 Å². The van der Waals surface area contributed by atoms with E-state index in [9.17, 15) is 0 Å². The molecular formula is C13H21Cl2NO. The zero-order chi connectivity index (χ0) is 11.8. The van der Waals surface area contributed by atoms with Crippen LogP contribution in [0, 0.1) is 0 Å². The van der Waals surface area contributed by atoms with E-state index in [1.54, 1.807) is 0 Å². The summed E-state index contributed by atoms with van der Waals surface area (Å²) in [4.78, 5) is 0. The van der Waals surface area contributed by atoms with Crippen molar-refractivity contribution in [2.24, 2.45) is 0 Å². The Labute approximate surface area is 115 Å². The second kappa shape index (κ2) is 9.58. The largest absolute Gasteiger partial charge is 0.490 e. The Hall–Kier alpha value is -0.440. The molecule has 0 aromatic heterocycles. The summed E-state index contributed by atoms with van der Waals surface area (Å²) in [5.74, 6) is 0.902. The molecule has 0 saturated heterocycles. The minimum atomic E-state index is 0. The number of ether oxygens (including phenoxy) is 1. The van der Waals surface area contributed by atoms with Crippen molar-refractivity contribution in [1.29, 1.82) is 0 Å². The molecule has 1 aromatic carbocycles. The Morgan fingerprint density at radius 3 is 2.41 bits per heavy atom. The highest BCUT2D eigenvalue weighted by atomic mass is 35.5. The molecule has 0 amide bonds. The molecule has 0 saturated carbocycles. The van der Waals surface area contributed by atoms with Crippen LogP contribution in [0.5, 0.6) is 5.75 Å². The van der Waals surface area contributed by atoms with Gasteiger partial charge in [-0.3, -0.25) is 0 Å². The van der Waals surface area contributed by atoms with Crippen molar-refractivity contribution in [3.05, 3.63) is 29.3 Å². The van der Waals surface area contributed by atoms with Crippen LogP contribution >= 0.6 is 24.0 Å². The van der Waals surface area contributed by atoms with Gasteiger partial charge in [0.25, 0.3) is 0 Å². The maximum Gasteiger partial charge on any atom is 0.119 e. The third-order valence-electron chi connectivity index (χ3n) is 2.44. The molecule has 0 bridgehead atoms. The van der Waals surface area contributed by atoms with Gasteiger partial charge in [0.2, 0.25) is 0 Å². The quantitative estimate of drug-likeness (QED) is 0.816. The molecule has 98 valence electrons. The summed E-state index contributed by atoms with van der Waals surface area (Å²) in [5, 5.41) is 3.90. The van der Waals surface area contributed by atoms with Crippen LogP contribution in [0.3, 0.4) is 0 Å². The minimum Gasteiger partial charge on any atom is -0.490 e. The first-order valence-corrected chi connectivity index (χ1v) is 6.21. The Balaban J connectivity index is 0.00000256. The third-order valence-corrected chi connectivity index (χ3v) is 2.70. The standard InChI is InChI=1S/C13H20ClNO.ClH/c1-3-4-12(9-10-15-2)16-13-7-5-11(14)6-8-13;/h5-8,12,15H,3-4,9-10H2,1-2H3;1H/t12-;/m0./s1. The average Bonchev–Trinajstić information content (AvgIpc) is 2.29. The van der Waals surface area contributed by atoms with Gasteiger partial charge in [0, 0.05) is 5.02 Å². The van der Waals surface area contributed by atoms with Gasteiger partial charge in [0.05, 0.1) is 6.10 Å². The van der Waals surface area contributed by atoms with Crippen molar-refractivity contribution >= 4 is 24.0 Å². The Kier molecular flexibility index (Phi) is 9.33. The van der Waals surface area contributed by atoms with Crippen LogP contribution in [0.4, 0.5) is 0 Å². The fourth-order valence-electron chi connectivity index (χ4n) is 1.60. The maximum absolute atomic E-state index is 5.91. The van der Waals surface area contributed by atoms with Crippen molar-refractivity contribution in [3.8, 4) is 5.75 Å². The molecule has 1 N–H and O–H groups in total. The first-order chi connectivity index (χ1) is 7.76. The third kappa shape index (κ3) is 6.77. The Bertz CT molecular complexity index is 290. The van der Waals surface area contributed by atoms with Crippen molar-refractivity contribution in [2.75, 3.05) is 13.6 Å². The van der Waals surface area contributed by atoms with Crippen molar-refractivity contribution in [2.45, 2.75) is 32.3 Å². The van der Waals surface area contributed by atoms with Crippen LogP contribution in [0.15, 0.2) is 24.3 Å². The van der Waals surface area contributed by atoms with Gasteiger partial charge in [0.1, 0.15) is 5.75 Å². The van der Waals surface area contributed by atoms with E-state index in [1.807, 2.05) is 31.3 Å². The second-order valence-corrected chi connectivity index (χ2v) is 4.31. The lowest BCUT2D eigenvalue weighted by Crippen LogP contribution is -2.22. The molecule has 0 unspecified atom stereocenters. The summed E-state index contributed by atoms with van der Waals surface area (Å²) >= 11 is 5.83. The van der Waals surface area contributed by atoms with Crippen LogP contribution in [-0.4, -0.2) is 19.7 Å². The molecule has 1 atom stereocenters. The zero-order valence-corrected chi connectivity index (χ0v) is 12.0. The summed E-state index contributed by atoms with van der Waals surface area (Å²) in [6, 6.07) is 7.56. The van der Waals surface area contributed by atoms with E-state index in [0.717, 1.165) is 36.6 Å². The number of hydrogen-bond acceptors (Lipinski definition) is 2. The maximum atomic E-state index is 5.91. The van der Waals surface area contributed by atoms with E-state index in [4.69, 9.17) is 16.3 Å². The van der Waals surface area contributed by atoms with Crippen molar-refractivity contribution < 1.29 is 4.74 Å². The minimum absolute atomic E-state index is 0. The summed E-state index contributed by atoms with van der Waals surface area (Å²) in [6.45, 7) is 3.16. The number of hydrogen-bond donors (Lipinski definition) is 1. The molecule has 17 heavy (non-hydrogen) atoms. The second-order valence-electron chi connectivity index (χ2n) is 3.87. The molecule has 0 aliphatic heterocycles. The van der Waals surface area contributed by atoms with Crippen molar-refractivity contribution in [1.82, 2.24) is 5.32 Å². The molecule has 0 radical (unpaired) electrons. The van der Waals surface area contributed by atoms with Crippen LogP contribution < -0.4 is 10.1 Å². The van der Waals surface area contributed by atoms with Crippen LogP contribution in [0.1, 0.15) is 26.2 Å². The van der Waals surface area contributed by atoms with Crippen LogP contribution in [0.2, 0.25) is 5.02 Å². The molecule has 4 heteroatoms. The van der Waals surface area contributed by atoms with Gasteiger partial charge < -0.3 is 10.1 Å². The number of halogens is 2. The Morgan fingerprint density at radius 1 is 1.24 bits per heavy atom. The smallest absolute Gasteiger partial charge is 0.119 e. The number of rotatable bonds is 7. The zero-order valence-electron chi connectivity index (χ0n) is 10.4. The van der Waals surface area contributed by atoms with Gasteiger partial charge in [0.15, 0.2) is 0 Å². The lowest BCUT2D eigenvalue weighted by Gasteiger charge is -2.18. The van der Waals surface area contributed by atoms with E-state index in [-0.39, 0.29) is 12.4 Å². The summed E-state index contributed by atoms with van der Waals surface area (Å²) in [7, 11) is 1.96. The highest BCUT2D eigenvalue weighted by molar-refractivity contribution is 6.30. The van der Waals surface area contributed by atoms with Gasteiger partial charge in [-0.2, -0.15) is 0 Å². The fraction of sp³-hybridized carbons (Fsp3) is 0.538. The number of benzene rings is 1. The van der Waals surface area contributed by atoms with Crippen molar-refractivity contribution in [3.63, 3.8) is 0 Å². The molecule has 0 heterocycles. The topological polar surface area (TPSA) is 21.3 Å². The summed E-state index contributed by atoms with van der Waals surface area (Å²) in [5.41, 5.74) is 0. The normalized spacial score (nSPS) is 11.7. The van der Waals surface area contributed by atoms with Gasteiger partial charge in [-0.25, -0.2) is 0 Å². The van der Waals surface area contributed by atoms with Crippen LogP contribution in [0.25, 0.3) is 0 Å². The first kappa shape index (κ1) is 16.6. The Morgan fingerprint density at radius 2 is 1.88 bits per heavy atom. The molecule has 0 aliphatic carbocycles. The molecule has 0 aliphatic rings. The average molecular weight is 278 g/mol. The highest BCUT2D eigenvalue weighted by Crippen LogP contribution is 2.19. The van der Waals surface area contributed by atoms with E-state index < -0.39 is 0 Å². The van der Waals surface area contributed by atoms with Gasteiger partial charge in [-0.1, -0.05) is 24.9 Å². The molecule has 2 nitrogen and oxygen atoms in total. The first-order valence-electron chi connectivity index (χ1n) is 5.83. The van der Waals surface area contributed by atoms with Gasteiger partial charge >= 0.3 is 0 Å². The molecule has 0 spiro atoms. The van der Waals surface area contributed by atoms with E-state index >= 15 is 0 Å². The predicted octanol–water partition coefficient (Wildman–Crippen LogP) is 3.92. The SMILES string of the molecule is CCC[C@@H](CCNC)Oc1ccc(Cl)cc1.Cl. The summed E-state index contributed by atoms with van der Waals surface area (Å²) < 4.78 is 5.91. The lowest BCUT2D eigenvalue weighted by molar-refractivity contribution is 0.180. The molecular weight excluding hydrogens is 257 g/mol. The molecule has 1 rings (SSSR count). The molecule has 1 aromatic rings. The lowest BCUT2D eigenvalue weighted by atomic mass is 10.1. The monoisotopic (exact) mass is 277 g/mol. The fourth-order valence-corrected chi connectivity index (χ4v) is 1.72. The van der Waals surface area contributed by atoms with Gasteiger partial charge in [-0.05, 0) is 50.7 Å².